The van der Waals surface area contributed by atoms with E-state index in [1.807, 2.05) is 0 Å². The number of nitrogens with zero attached hydrogens (tertiary/aromatic N) is 2. The SMILES string of the molecule is Cc1ccc(CN2CC[NH+](CC(=O)N/N=C/c3ccc(C(=O)[O-])cc3)CC2)cc1. The Morgan fingerprint density at radius 2 is 1.76 bits per heavy atom. The van der Waals surface area contributed by atoms with Gasteiger partial charge in [0.1, 0.15) is 0 Å². The quantitative estimate of drug-likeness (QED) is 0.476. The molecule has 7 heteroatoms. The second-order valence-corrected chi connectivity index (χ2v) is 7.39. The van der Waals surface area contributed by atoms with Crippen LogP contribution in [0.25, 0.3) is 0 Å². The molecule has 0 atom stereocenters. The Kier molecular flexibility index (Phi) is 7.10. The molecule has 3 rings (SSSR count). The number of nitrogens with one attached hydrogen (secondary N) is 2. The minimum Gasteiger partial charge on any atom is -0.545 e. The standard InChI is InChI=1S/C22H26N4O3/c1-17-2-4-19(5-3-17)15-25-10-12-26(13-11-25)16-21(27)24-23-14-18-6-8-20(9-7-18)22(28)29/h2-9,14H,10-13,15-16H2,1H3,(H,24,27)(H,28,29)/b23-14+. The van der Waals surface area contributed by atoms with Gasteiger partial charge in [0.15, 0.2) is 6.54 Å². The molecule has 1 heterocycles. The van der Waals surface area contributed by atoms with E-state index < -0.39 is 5.97 Å². The molecule has 2 aromatic rings. The van der Waals surface area contributed by atoms with Crippen molar-refractivity contribution in [3.05, 3.63) is 70.8 Å². The molecule has 0 aliphatic carbocycles. The highest BCUT2D eigenvalue weighted by Crippen LogP contribution is 2.07. The summed E-state index contributed by atoms with van der Waals surface area (Å²) < 4.78 is 0. The summed E-state index contributed by atoms with van der Waals surface area (Å²) >= 11 is 0. The topological polar surface area (TPSA) is 89.3 Å². The van der Waals surface area contributed by atoms with E-state index in [9.17, 15) is 14.7 Å². The zero-order valence-electron chi connectivity index (χ0n) is 16.6. The first-order valence-electron chi connectivity index (χ1n) is 9.74. The monoisotopic (exact) mass is 394 g/mol. The Morgan fingerprint density at radius 1 is 1.10 bits per heavy atom. The van der Waals surface area contributed by atoms with Crippen molar-refractivity contribution >= 4 is 18.1 Å². The van der Waals surface area contributed by atoms with Crippen LogP contribution in [0.2, 0.25) is 0 Å². The van der Waals surface area contributed by atoms with Crippen LogP contribution in [0, 0.1) is 6.92 Å². The van der Waals surface area contributed by atoms with Gasteiger partial charge in [0.2, 0.25) is 0 Å². The molecule has 2 aromatic carbocycles. The molecule has 1 saturated heterocycles. The zero-order valence-corrected chi connectivity index (χ0v) is 16.6. The van der Waals surface area contributed by atoms with Crippen LogP contribution in [-0.4, -0.2) is 55.7 Å². The Balaban J connectivity index is 1.38. The number of hydrogen-bond donors (Lipinski definition) is 2. The summed E-state index contributed by atoms with van der Waals surface area (Å²) in [4.78, 5) is 26.5. The van der Waals surface area contributed by atoms with E-state index in [0.29, 0.717) is 12.1 Å². The number of hydrogen-bond acceptors (Lipinski definition) is 5. The van der Waals surface area contributed by atoms with Crippen LogP contribution in [-0.2, 0) is 11.3 Å². The van der Waals surface area contributed by atoms with Crippen molar-refractivity contribution in [3.63, 3.8) is 0 Å². The minimum absolute atomic E-state index is 0.108. The number of aromatic carboxylic acids is 1. The summed E-state index contributed by atoms with van der Waals surface area (Å²) in [5, 5.41) is 14.7. The molecule has 0 saturated carbocycles. The summed E-state index contributed by atoms with van der Waals surface area (Å²) in [6.07, 6.45) is 1.49. The third-order valence-corrected chi connectivity index (χ3v) is 5.05. The fraction of sp³-hybridized carbons (Fsp3) is 0.318. The number of carboxylic acids is 1. The number of amides is 1. The van der Waals surface area contributed by atoms with Crippen molar-refractivity contribution < 1.29 is 19.6 Å². The van der Waals surface area contributed by atoms with Crippen LogP contribution in [0.5, 0.6) is 0 Å². The van der Waals surface area contributed by atoms with Gasteiger partial charge in [-0.1, -0.05) is 54.1 Å². The van der Waals surface area contributed by atoms with Gasteiger partial charge in [0, 0.05) is 19.6 Å². The molecule has 0 spiro atoms. The summed E-state index contributed by atoms with van der Waals surface area (Å²) in [7, 11) is 0. The number of piperazine rings is 1. The molecule has 1 aliphatic rings. The third kappa shape index (κ3) is 6.51. The van der Waals surface area contributed by atoms with Crippen LogP contribution in [0.3, 0.4) is 0 Å². The third-order valence-electron chi connectivity index (χ3n) is 5.05. The number of carbonyl (C=O) groups is 2. The second-order valence-electron chi connectivity index (χ2n) is 7.39. The van der Waals surface area contributed by atoms with E-state index in [-0.39, 0.29) is 11.5 Å². The molecule has 1 amide bonds. The van der Waals surface area contributed by atoms with Crippen molar-refractivity contribution in [1.29, 1.82) is 0 Å². The van der Waals surface area contributed by atoms with Crippen molar-refractivity contribution in [1.82, 2.24) is 10.3 Å². The van der Waals surface area contributed by atoms with E-state index in [2.05, 4.69) is 46.6 Å². The maximum atomic E-state index is 12.1. The van der Waals surface area contributed by atoms with Crippen molar-refractivity contribution in [2.75, 3.05) is 32.7 Å². The van der Waals surface area contributed by atoms with Gasteiger partial charge < -0.3 is 14.8 Å². The first-order chi connectivity index (χ1) is 14.0. The van der Waals surface area contributed by atoms with Gasteiger partial charge >= 0.3 is 0 Å². The molecule has 29 heavy (non-hydrogen) atoms. The number of rotatable bonds is 7. The van der Waals surface area contributed by atoms with Gasteiger partial charge in [0.25, 0.3) is 5.91 Å². The van der Waals surface area contributed by atoms with Crippen LogP contribution < -0.4 is 15.4 Å². The van der Waals surface area contributed by atoms with Crippen molar-refractivity contribution in [2.45, 2.75) is 13.5 Å². The molecular formula is C22H26N4O3. The average molecular weight is 394 g/mol. The van der Waals surface area contributed by atoms with Gasteiger partial charge in [-0.3, -0.25) is 9.69 Å². The highest BCUT2D eigenvalue weighted by atomic mass is 16.4. The lowest BCUT2D eigenvalue weighted by molar-refractivity contribution is -0.896. The molecule has 0 aromatic heterocycles. The van der Waals surface area contributed by atoms with Crippen LogP contribution in [0.15, 0.2) is 53.6 Å². The largest absolute Gasteiger partial charge is 0.545 e. The summed E-state index contributed by atoms with van der Waals surface area (Å²) in [5.74, 6) is -1.35. The fourth-order valence-corrected chi connectivity index (χ4v) is 3.31. The molecule has 0 unspecified atom stereocenters. The van der Waals surface area contributed by atoms with Crippen molar-refractivity contribution in [3.8, 4) is 0 Å². The van der Waals surface area contributed by atoms with Gasteiger partial charge in [-0.2, -0.15) is 5.10 Å². The number of quaternary nitrogens is 1. The normalized spacial score (nSPS) is 15.5. The molecule has 0 bridgehead atoms. The Morgan fingerprint density at radius 3 is 2.38 bits per heavy atom. The second kappa shape index (κ2) is 9.95. The molecule has 2 N–H and O–H groups in total. The Labute approximate surface area is 170 Å². The smallest absolute Gasteiger partial charge is 0.295 e. The predicted molar refractivity (Wildman–Crippen MR) is 109 cm³/mol. The van der Waals surface area contributed by atoms with E-state index >= 15 is 0 Å². The molecule has 1 fully saturated rings. The van der Waals surface area contributed by atoms with Gasteiger partial charge in [-0.05, 0) is 23.6 Å². The van der Waals surface area contributed by atoms with Crippen molar-refractivity contribution in [2.24, 2.45) is 5.10 Å². The number of hydrazone groups is 1. The Hall–Kier alpha value is -3.03. The maximum Gasteiger partial charge on any atom is 0.295 e. The fourth-order valence-electron chi connectivity index (χ4n) is 3.31. The number of carbonyl (C=O) groups excluding carboxylic acids is 2. The summed E-state index contributed by atoms with van der Waals surface area (Å²) in [5.41, 5.74) is 5.94. The van der Waals surface area contributed by atoms with E-state index in [4.69, 9.17) is 0 Å². The molecule has 1 aliphatic heterocycles. The molecule has 7 nitrogen and oxygen atoms in total. The van der Waals surface area contributed by atoms with E-state index in [1.54, 1.807) is 12.1 Å². The highest BCUT2D eigenvalue weighted by Gasteiger charge is 2.21. The number of benzene rings is 2. The number of carboxylic acid groups (broad SMARTS) is 1. The first kappa shape index (κ1) is 20.7. The summed E-state index contributed by atoms with van der Waals surface area (Å²) in [6, 6.07) is 14.7. The average Bonchev–Trinajstić information content (AvgIpc) is 2.71. The minimum atomic E-state index is -1.22. The van der Waals surface area contributed by atoms with E-state index in [1.165, 1.54) is 34.4 Å². The Bertz CT molecular complexity index is 855. The first-order valence-corrected chi connectivity index (χ1v) is 9.74. The lowest BCUT2D eigenvalue weighted by Gasteiger charge is -2.31. The van der Waals surface area contributed by atoms with Crippen LogP contribution >= 0.6 is 0 Å². The predicted octanol–water partition coefficient (Wildman–Crippen LogP) is -0.791. The lowest BCUT2D eigenvalue weighted by atomic mass is 10.1. The highest BCUT2D eigenvalue weighted by molar-refractivity contribution is 5.88. The van der Waals surface area contributed by atoms with E-state index in [0.717, 1.165) is 32.7 Å². The van der Waals surface area contributed by atoms with Crippen LogP contribution in [0.4, 0.5) is 0 Å². The molecule has 0 radical (unpaired) electrons. The van der Waals surface area contributed by atoms with Gasteiger partial charge in [-0.15, -0.1) is 0 Å². The van der Waals surface area contributed by atoms with Gasteiger partial charge in [-0.25, -0.2) is 5.43 Å². The molecule has 152 valence electrons. The lowest BCUT2D eigenvalue weighted by Crippen LogP contribution is -3.15. The zero-order chi connectivity index (χ0) is 20.6. The summed E-state index contributed by atoms with van der Waals surface area (Å²) in [6.45, 7) is 7.20. The van der Waals surface area contributed by atoms with Crippen LogP contribution in [0.1, 0.15) is 27.0 Å². The number of aryl methyl sites for hydroxylation is 1. The molecular weight excluding hydrogens is 368 g/mol. The maximum absolute atomic E-state index is 12.1. The van der Waals surface area contributed by atoms with Gasteiger partial charge in [0.05, 0.1) is 25.3 Å².